The van der Waals surface area contributed by atoms with Crippen molar-refractivity contribution in [2.75, 3.05) is 39.3 Å². The van der Waals surface area contributed by atoms with Gasteiger partial charge in [-0.1, -0.05) is 5.21 Å². The highest BCUT2D eigenvalue weighted by Gasteiger charge is 2.18. The van der Waals surface area contributed by atoms with Gasteiger partial charge in [0, 0.05) is 51.1 Å². The number of pyridine rings is 1. The Labute approximate surface area is 204 Å². The Balaban J connectivity index is 1.22. The number of ether oxygens (including phenoxy) is 1. The Morgan fingerprint density at radius 2 is 1.78 bits per heavy atom. The molecule has 1 amide bonds. The van der Waals surface area contributed by atoms with Crippen LogP contribution in [0.2, 0.25) is 0 Å². The Kier molecular flexibility index (Phi) is 6.47. The Morgan fingerprint density at radius 3 is 2.50 bits per heavy atom. The zero-order chi connectivity index (χ0) is 25.2. The van der Waals surface area contributed by atoms with Crippen molar-refractivity contribution in [3.05, 3.63) is 70.6 Å². The van der Waals surface area contributed by atoms with Gasteiger partial charge in [0.05, 0.1) is 23.0 Å². The van der Waals surface area contributed by atoms with Crippen molar-refractivity contribution in [3.8, 4) is 22.7 Å². The van der Waals surface area contributed by atoms with E-state index in [4.69, 9.17) is 4.74 Å². The predicted octanol–water partition coefficient (Wildman–Crippen LogP) is 2.60. The van der Waals surface area contributed by atoms with E-state index in [0.29, 0.717) is 29.1 Å². The number of hydrogen-bond acceptors (Lipinski definition) is 6. The van der Waals surface area contributed by atoms with E-state index < -0.39 is 17.2 Å². The molecule has 4 aromatic rings. The van der Waals surface area contributed by atoms with Crippen LogP contribution in [0.4, 0.5) is 8.78 Å². The summed E-state index contributed by atoms with van der Waals surface area (Å²) in [6, 6.07) is 10.7. The monoisotopic (exact) mass is 494 g/mol. The summed E-state index contributed by atoms with van der Waals surface area (Å²) in [6.07, 6.45) is 1.59. The molecule has 186 valence electrons. The van der Waals surface area contributed by atoms with Crippen LogP contribution in [0.5, 0.6) is 5.75 Å². The highest BCUT2D eigenvalue weighted by Crippen LogP contribution is 2.22. The second-order valence-corrected chi connectivity index (χ2v) is 8.60. The minimum Gasteiger partial charge on any atom is -0.492 e. The van der Waals surface area contributed by atoms with Crippen LogP contribution in [0.3, 0.4) is 0 Å². The molecular weight excluding hydrogens is 470 g/mol. The molecule has 9 nitrogen and oxygen atoms in total. The van der Waals surface area contributed by atoms with Gasteiger partial charge in [0.25, 0.3) is 5.56 Å². The van der Waals surface area contributed by atoms with E-state index in [0.717, 1.165) is 44.9 Å². The van der Waals surface area contributed by atoms with Crippen molar-refractivity contribution < 1.29 is 18.3 Å². The summed E-state index contributed by atoms with van der Waals surface area (Å²) < 4.78 is 34.5. The molecule has 0 bridgehead atoms. The molecule has 11 heteroatoms. The first-order valence-corrected chi connectivity index (χ1v) is 11.5. The zero-order valence-corrected chi connectivity index (χ0v) is 19.6. The number of aromatic nitrogens is 4. The molecule has 0 spiro atoms. The standard InChI is InChI=1S/C25H24F2N6O3/c1-16(34)32-8-6-31(7-9-32)10-11-36-19-4-2-18(3-5-19)33-15-24(29-30-33)20-12-17-13-21(26)22(27)14-23(17)28-25(20)35/h2-5,12-15H,6-11H2,1H3,(H,28,35). The lowest BCUT2D eigenvalue weighted by Gasteiger charge is -2.34. The quantitative estimate of drug-likeness (QED) is 0.443. The van der Waals surface area contributed by atoms with Gasteiger partial charge in [0.2, 0.25) is 5.91 Å². The minimum atomic E-state index is -1.03. The molecule has 1 saturated heterocycles. The number of halogens is 2. The lowest BCUT2D eigenvalue weighted by atomic mass is 10.1. The number of carbonyl (C=O) groups is 1. The van der Waals surface area contributed by atoms with Gasteiger partial charge < -0.3 is 14.6 Å². The molecule has 5 rings (SSSR count). The smallest absolute Gasteiger partial charge is 0.258 e. The van der Waals surface area contributed by atoms with Crippen molar-refractivity contribution in [2.45, 2.75) is 6.92 Å². The summed E-state index contributed by atoms with van der Waals surface area (Å²) in [5.41, 5.74) is 0.930. The summed E-state index contributed by atoms with van der Waals surface area (Å²) in [5, 5.41) is 8.51. The summed E-state index contributed by atoms with van der Waals surface area (Å²) >= 11 is 0. The van der Waals surface area contributed by atoms with Crippen molar-refractivity contribution >= 4 is 16.8 Å². The Hall–Kier alpha value is -4.12. The van der Waals surface area contributed by atoms with Gasteiger partial charge in [-0.2, -0.15) is 0 Å². The molecule has 0 radical (unpaired) electrons. The maximum atomic E-state index is 13.6. The lowest BCUT2D eigenvalue weighted by Crippen LogP contribution is -2.48. The molecule has 1 aliphatic heterocycles. The fourth-order valence-corrected chi connectivity index (χ4v) is 4.18. The van der Waals surface area contributed by atoms with E-state index in [1.54, 1.807) is 13.1 Å². The van der Waals surface area contributed by atoms with Crippen molar-refractivity contribution in [1.29, 1.82) is 0 Å². The zero-order valence-electron chi connectivity index (χ0n) is 19.6. The number of rotatable bonds is 6. The second kappa shape index (κ2) is 9.86. The van der Waals surface area contributed by atoms with Crippen LogP contribution in [0.1, 0.15) is 6.92 Å². The van der Waals surface area contributed by atoms with Crippen LogP contribution in [0.15, 0.2) is 53.5 Å². The van der Waals surface area contributed by atoms with E-state index in [2.05, 4.69) is 20.2 Å². The third-order valence-corrected chi connectivity index (χ3v) is 6.25. The van der Waals surface area contributed by atoms with Crippen molar-refractivity contribution in [1.82, 2.24) is 29.8 Å². The molecule has 2 aromatic carbocycles. The van der Waals surface area contributed by atoms with E-state index >= 15 is 0 Å². The van der Waals surface area contributed by atoms with Gasteiger partial charge in [-0.3, -0.25) is 14.5 Å². The minimum absolute atomic E-state index is 0.113. The number of piperazine rings is 1. The van der Waals surface area contributed by atoms with E-state index in [1.807, 2.05) is 29.2 Å². The molecule has 2 aromatic heterocycles. The van der Waals surface area contributed by atoms with E-state index in [-0.39, 0.29) is 17.0 Å². The molecule has 1 fully saturated rings. The van der Waals surface area contributed by atoms with Crippen molar-refractivity contribution in [3.63, 3.8) is 0 Å². The fraction of sp³-hybridized carbons (Fsp3) is 0.280. The highest BCUT2D eigenvalue weighted by molar-refractivity contribution is 5.82. The molecule has 36 heavy (non-hydrogen) atoms. The topological polar surface area (TPSA) is 96.3 Å². The van der Waals surface area contributed by atoms with Gasteiger partial charge in [-0.05, 0) is 36.4 Å². The molecule has 0 saturated carbocycles. The number of H-pyrrole nitrogens is 1. The molecule has 1 aliphatic rings. The summed E-state index contributed by atoms with van der Waals surface area (Å²) in [6.45, 7) is 6.05. The van der Waals surface area contributed by atoms with Gasteiger partial charge in [-0.15, -0.1) is 5.10 Å². The van der Waals surface area contributed by atoms with E-state index in [1.165, 1.54) is 10.7 Å². The summed E-state index contributed by atoms with van der Waals surface area (Å²) in [4.78, 5) is 30.6. The molecule has 0 unspecified atom stereocenters. The van der Waals surface area contributed by atoms with E-state index in [9.17, 15) is 18.4 Å². The van der Waals surface area contributed by atoms with Gasteiger partial charge >= 0.3 is 0 Å². The number of hydrogen-bond donors (Lipinski definition) is 1. The average Bonchev–Trinajstić information content (AvgIpc) is 3.35. The van der Waals surface area contributed by atoms with Gasteiger partial charge in [0.1, 0.15) is 18.1 Å². The van der Waals surface area contributed by atoms with Crippen LogP contribution in [0.25, 0.3) is 27.8 Å². The van der Waals surface area contributed by atoms with Crippen LogP contribution >= 0.6 is 0 Å². The second-order valence-electron chi connectivity index (χ2n) is 8.60. The normalized spacial score (nSPS) is 14.4. The first-order chi connectivity index (χ1) is 17.4. The van der Waals surface area contributed by atoms with Gasteiger partial charge in [0.15, 0.2) is 11.6 Å². The van der Waals surface area contributed by atoms with Gasteiger partial charge in [-0.25, -0.2) is 13.5 Å². The number of nitrogens with zero attached hydrogens (tertiary/aromatic N) is 5. The fourth-order valence-electron chi connectivity index (χ4n) is 4.18. The molecule has 0 aliphatic carbocycles. The van der Waals surface area contributed by atoms with Crippen molar-refractivity contribution in [2.24, 2.45) is 0 Å². The number of aromatic amines is 1. The first kappa shape index (κ1) is 23.6. The maximum absolute atomic E-state index is 13.6. The maximum Gasteiger partial charge on any atom is 0.258 e. The van der Waals surface area contributed by atoms with Crippen LogP contribution in [-0.2, 0) is 4.79 Å². The lowest BCUT2D eigenvalue weighted by molar-refractivity contribution is -0.130. The third kappa shape index (κ3) is 4.96. The SMILES string of the molecule is CC(=O)N1CCN(CCOc2ccc(-n3cc(-c4cc5cc(F)c(F)cc5[nH]c4=O)nn3)cc2)CC1. The number of fused-ring (bicyclic) bond motifs is 1. The summed E-state index contributed by atoms with van der Waals surface area (Å²) in [7, 11) is 0. The average molecular weight is 495 g/mol. The molecular formula is C25H24F2N6O3. The number of carbonyl (C=O) groups excluding carboxylic acids is 1. The Bertz CT molecular complexity index is 1460. The van der Waals surface area contributed by atoms with Crippen LogP contribution in [0, 0.1) is 11.6 Å². The highest BCUT2D eigenvalue weighted by atomic mass is 19.2. The predicted molar refractivity (Wildman–Crippen MR) is 129 cm³/mol. The molecule has 0 atom stereocenters. The molecule has 1 N–H and O–H groups in total. The van der Waals surface area contributed by atoms with Crippen LogP contribution < -0.4 is 10.3 Å². The number of nitrogens with one attached hydrogen (secondary N) is 1. The number of amides is 1. The molecule has 3 heterocycles. The summed E-state index contributed by atoms with van der Waals surface area (Å²) in [5.74, 6) is -1.21. The van der Waals surface area contributed by atoms with Crippen LogP contribution in [-0.4, -0.2) is 75.0 Å². The third-order valence-electron chi connectivity index (χ3n) is 6.25. The first-order valence-electron chi connectivity index (χ1n) is 11.5. The number of benzene rings is 2. The Morgan fingerprint density at radius 1 is 1.06 bits per heavy atom. The largest absolute Gasteiger partial charge is 0.492 e.